The van der Waals surface area contributed by atoms with E-state index in [-0.39, 0.29) is 6.29 Å². The summed E-state index contributed by atoms with van der Waals surface area (Å²) in [6.07, 6.45) is -6.84. The highest BCUT2D eigenvalue weighted by molar-refractivity contribution is 7.79. The highest BCUT2D eigenvalue weighted by Crippen LogP contribution is 2.02. The Hall–Kier alpha value is -0.660. The molecule has 4 atom stereocenters. The molecule has 0 bridgehead atoms. The first kappa shape index (κ1) is 18.7. The second kappa shape index (κ2) is 8.43. The van der Waals surface area contributed by atoms with Crippen LogP contribution in [0.1, 0.15) is 0 Å². The Balaban J connectivity index is 0. The van der Waals surface area contributed by atoms with Crippen LogP contribution in [-0.4, -0.2) is 80.4 Å². The third kappa shape index (κ3) is 11.6. The molecule has 10 nitrogen and oxygen atoms in total. The smallest absolute Gasteiger partial charge is 0.394 e. The summed E-state index contributed by atoms with van der Waals surface area (Å²) >= 11 is 0. The molecule has 0 aliphatic rings. The second-order valence-electron chi connectivity index (χ2n) is 2.81. The summed E-state index contributed by atoms with van der Waals surface area (Å²) in [5.74, 6) is 0. The molecule has 7 N–H and O–H groups in total. The number of hydrogen-bond acceptors (Lipinski definition) is 8. The molecule has 0 aliphatic carbocycles. The van der Waals surface area contributed by atoms with Gasteiger partial charge in [0, 0.05) is 0 Å². The molecule has 0 radical (unpaired) electrons. The standard InChI is InChI=1S/C6H12O6.H2O4S/c7-1-3(9)5(11)6(12)4(10)2-8;1-5(2,3)4/h1,3-6,8-12H,2H2;(H2,1,2,3,4). The van der Waals surface area contributed by atoms with Crippen molar-refractivity contribution < 1.29 is 47.9 Å². The summed E-state index contributed by atoms with van der Waals surface area (Å²) in [6, 6.07) is 0. The van der Waals surface area contributed by atoms with Crippen LogP contribution >= 0.6 is 0 Å². The number of carbonyl (C=O) groups excluding carboxylic acids is 1. The van der Waals surface area contributed by atoms with Gasteiger partial charge in [-0.15, -0.1) is 0 Å². The molecule has 11 heteroatoms. The van der Waals surface area contributed by atoms with Gasteiger partial charge in [0.05, 0.1) is 6.61 Å². The highest BCUT2D eigenvalue weighted by atomic mass is 32.3. The summed E-state index contributed by atoms with van der Waals surface area (Å²) in [5, 5.41) is 43.5. The lowest BCUT2D eigenvalue weighted by Gasteiger charge is -2.22. The Morgan fingerprint density at radius 2 is 1.35 bits per heavy atom. The van der Waals surface area contributed by atoms with Gasteiger partial charge in [0.15, 0.2) is 6.29 Å². The minimum Gasteiger partial charge on any atom is -0.394 e. The van der Waals surface area contributed by atoms with Crippen LogP contribution in [0.15, 0.2) is 0 Å². The maximum absolute atomic E-state index is 9.90. The van der Waals surface area contributed by atoms with Crippen molar-refractivity contribution in [3.05, 3.63) is 0 Å². The first-order valence-electron chi connectivity index (χ1n) is 4.02. The van der Waals surface area contributed by atoms with Gasteiger partial charge >= 0.3 is 10.4 Å². The van der Waals surface area contributed by atoms with Gasteiger partial charge in [0.2, 0.25) is 0 Å². The first-order valence-corrected chi connectivity index (χ1v) is 5.42. The van der Waals surface area contributed by atoms with Gasteiger partial charge in [-0.25, -0.2) is 0 Å². The molecular formula is C6H14O10S. The van der Waals surface area contributed by atoms with Crippen LogP contribution in [-0.2, 0) is 15.2 Å². The van der Waals surface area contributed by atoms with Crippen LogP contribution in [0.5, 0.6) is 0 Å². The quantitative estimate of drug-likeness (QED) is 0.192. The van der Waals surface area contributed by atoms with Crippen LogP contribution in [0.4, 0.5) is 0 Å². The summed E-state index contributed by atoms with van der Waals surface area (Å²) in [7, 11) is -4.67. The van der Waals surface area contributed by atoms with Gasteiger partial charge in [-0.3, -0.25) is 9.11 Å². The molecule has 0 aromatic carbocycles. The Morgan fingerprint density at radius 3 is 1.59 bits per heavy atom. The molecule has 0 aromatic heterocycles. The Labute approximate surface area is 96.3 Å². The van der Waals surface area contributed by atoms with Crippen molar-refractivity contribution >= 4 is 16.7 Å². The fourth-order valence-corrected chi connectivity index (χ4v) is 0.618. The van der Waals surface area contributed by atoms with E-state index in [0.717, 1.165) is 0 Å². The molecule has 0 rings (SSSR count). The van der Waals surface area contributed by atoms with E-state index in [0.29, 0.717) is 0 Å². The average Bonchev–Trinajstić information content (AvgIpc) is 2.22. The van der Waals surface area contributed by atoms with Crippen molar-refractivity contribution in [2.45, 2.75) is 24.4 Å². The van der Waals surface area contributed by atoms with Crippen molar-refractivity contribution in [1.29, 1.82) is 0 Å². The third-order valence-electron chi connectivity index (χ3n) is 1.42. The lowest BCUT2D eigenvalue weighted by molar-refractivity contribution is -0.136. The zero-order chi connectivity index (χ0) is 14.2. The predicted octanol–water partition coefficient (Wildman–Crippen LogP) is -4.03. The molecule has 0 saturated heterocycles. The monoisotopic (exact) mass is 278 g/mol. The van der Waals surface area contributed by atoms with E-state index < -0.39 is 41.4 Å². The molecule has 0 spiro atoms. The van der Waals surface area contributed by atoms with E-state index in [2.05, 4.69) is 0 Å². The van der Waals surface area contributed by atoms with Crippen molar-refractivity contribution in [3.8, 4) is 0 Å². The molecule has 104 valence electrons. The lowest BCUT2D eigenvalue weighted by atomic mass is 10.0. The molecular weight excluding hydrogens is 264 g/mol. The van der Waals surface area contributed by atoms with Crippen molar-refractivity contribution in [2.24, 2.45) is 0 Å². The van der Waals surface area contributed by atoms with Crippen LogP contribution in [0, 0.1) is 0 Å². The maximum atomic E-state index is 9.90. The van der Waals surface area contributed by atoms with Gasteiger partial charge in [0.25, 0.3) is 0 Å². The summed E-state index contributed by atoms with van der Waals surface area (Å²) in [5.41, 5.74) is 0. The van der Waals surface area contributed by atoms with Crippen LogP contribution < -0.4 is 0 Å². The van der Waals surface area contributed by atoms with E-state index >= 15 is 0 Å². The van der Waals surface area contributed by atoms with Gasteiger partial charge < -0.3 is 30.3 Å². The molecule has 4 unspecified atom stereocenters. The topological polar surface area (TPSA) is 193 Å². The summed E-state index contributed by atoms with van der Waals surface area (Å²) in [6.45, 7) is -0.760. The molecule has 0 aliphatic heterocycles. The molecule has 0 aromatic rings. The zero-order valence-corrected chi connectivity index (χ0v) is 9.17. The van der Waals surface area contributed by atoms with Crippen LogP contribution in [0.2, 0.25) is 0 Å². The fourth-order valence-electron chi connectivity index (χ4n) is 0.618. The van der Waals surface area contributed by atoms with E-state index in [1.807, 2.05) is 0 Å². The first-order chi connectivity index (χ1) is 7.54. The highest BCUT2D eigenvalue weighted by Gasteiger charge is 2.29. The van der Waals surface area contributed by atoms with Crippen molar-refractivity contribution in [3.63, 3.8) is 0 Å². The number of aliphatic hydroxyl groups excluding tert-OH is 5. The zero-order valence-electron chi connectivity index (χ0n) is 8.36. The minimum atomic E-state index is -4.67. The number of carbonyl (C=O) groups is 1. The number of hydrogen-bond donors (Lipinski definition) is 7. The Kier molecular flexibility index (Phi) is 9.28. The SMILES string of the molecule is O=CC(O)C(O)C(O)C(O)CO.O=S(=O)(O)O. The van der Waals surface area contributed by atoms with Gasteiger partial charge in [0.1, 0.15) is 24.4 Å². The molecule has 17 heavy (non-hydrogen) atoms. The van der Waals surface area contributed by atoms with Gasteiger partial charge in [-0.2, -0.15) is 8.42 Å². The molecule has 0 fully saturated rings. The maximum Gasteiger partial charge on any atom is 0.394 e. The van der Waals surface area contributed by atoms with Gasteiger partial charge in [-0.05, 0) is 0 Å². The normalized spacial score (nSPS) is 18.3. The average molecular weight is 278 g/mol. The predicted molar refractivity (Wildman–Crippen MR) is 51.4 cm³/mol. The van der Waals surface area contributed by atoms with Crippen molar-refractivity contribution in [1.82, 2.24) is 0 Å². The van der Waals surface area contributed by atoms with E-state index in [1.54, 1.807) is 0 Å². The van der Waals surface area contributed by atoms with E-state index in [9.17, 15) is 4.79 Å². The van der Waals surface area contributed by atoms with Crippen molar-refractivity contribution in [2.75, 3.05) is 6.61 Å². The minimum absolute atomic E-state index is 0.0258. The molecule has 0 amide bonds. The fraction of sp³-hybridized carbons (Fsp3) is 0.833. The second-order valence-corrected chi connectivity index (χ2v) is 3.70. The largest absolute Gasteiger partial charge is 0.394 e. The van der Waals surface area contributed by atoms with E-state index in [1.165, 1.54) is 0 Å². The third-order valence-corrected chi connectivity index (χ3v) is 1.42. The summed E-state index contributed by atoms with van der Waals surface area (Å²) < 4.78 is 31.6. The van der Waals surface area contributed by atoms with Crippen LogP contribution in [0.25, 0.3) is 0 Å². The number of aliphatic hydroxyl groups is 5. The number of aldehydes is 1. The molecule has 0 heterocycles. The van der Waals surface area contributed by atoms with Gasteiger partial charge in [-0.1, -0.05) is 0 Å². The van der Waals surface area contributed by atoms with E-state index in [4.69, 9.17) is 43.1 Å². The lowest BCUT2D eigenvalue weighted by Crippen LogP contribution is -2.46. The van der Waals surface area contributed by atoms with Crippen LogP contribution in [0.3, 0.4) is 0 Å². The number of rotatable bonds is 5. The summed E-state index contributed by atoms with van der Waals surface area (Å²) in [4.78, 5) is 9.90. The Morgan fingerprint density at radius 1 is 1.00 bits per heavy atom. The molecule has 0 saturated carbocycles. The Bertz CT molecular complexity index is 292.